The molecule has 1 aliphatic heterocycles. The van der Waals surface area contributed by atoms with Crippen LogP contribution in [0.3, 0.4) is 0 Å². The lowest BCUT2D eigenvalue weighted by Gasteiger charge is -2.24. The number of nitrogens with one attached hydrogen (secondary N) is 3. The zero-order valence-corrected chi connectivity index (χ0v) is 23.2. The van der Waals surface area contributed by atoms with Crippen molar-refractivity contribution in [1.82, 2.24) is 29.5 Å². The van der Waals surface area contributed by atoms with Gasteiger partial charge in [0.15, 0.2) is 0 Å². The van der Waals surface area contributed by atoms with Crippen molar-refractivity contribution in [3.63, 3.8) is 0 Å². The van der Waals surface area contributed by atoms with Gasteiger partial charge in [-0.1, -0.05) is 12.1 Å². The van der Waals surface area contributed by atoms with Gasteiger partial charge in [-0.3, -0.25) is 14.9 Å². The smallest absolute Gasteiger partial charge is 0.414 e. The molecular formula is C25H26N8O8S. The van der Waals surface area contributed by atoms with Crippen molar-refractivity contribution < 1.29 is 37.4 Å². The van der Waals surface area contributed by atoms with Crippen molar-refractivity contribution in [1.29, 1.82) is 0 Å². The zero-order chi connectivity index (χ0) is 30.4. The normalized spacial score (nSPS) is 14.4. The number of aromatic nitrogens is 3. The average molecular weight is 599 g/mol. The van der Waals surface area contributed by atoms with Crippen molar-refractivity contribution in [2.75, 3.05) is 37.8 Å². The number of carbonyl (C=O) groups is 4. The summed E-state index contributed by atoms with van der Waals surface area (Å²) in [6, 6.07) is 10.7. The van der Waals surface area contributed by atoms with Crippen molar-refractivity contribution >= 4 is 51.5 Å². The number of ether oxygens (including phenoxy) is 1. The number of aliphatic carboxylic acids is 1. The van der Waals surface area contributed by atoms with Gasteiger partial charge in [0.2, 0.25) is 33.7 Å². The van der Waals surface area contributed by atoms with Gasteiger partial charge >= 0.3 is 12.1 Å². The van der Waals surface area contributed by atoms with Gasteiger partial charge in [0.05, 0.1) is 18.0 Å². The Morgan fingerprint density at radius 3 is 2.24 bits per heavy atom. The predicted molar refractivity (Wildman–Crippen MR) is 146 cm³/mol. The second-order valence-corrected chi connectivity index (χ2v) is 11.1. The molecule has 2 heterocycles. The van der Waals surface area contributed by atoms with E-state index in [1.807, 2.05) is 5.32 Å². The number of imide groups is 1. The van der Waals surface area contributed by atoms with Gasteiger partial charge < -0.3 is 25.4 Å². The maximum absolute atomic E-state index is 12.8. The summed E-state index contributed by atoms with van der Waals surface area (Å²) < 4.78 is 31.6. The molecular weight excluding hydrogens is 572 g/mol. The van der Waals surface area contributed by atoms with Crippen LogP contribution in [-0.4, -0.2) is 94.8 Å². The first-order valence-corrected chi connectivity index (χ1v) is 13.7. The molecule has 0 bridgehead atoms. The van der Waals surface area contributed by atoms with Crippen LogP contribution in [0.1, 0.15) is 5.56 Å². The van der Waals surface area contributed by atoms with Gasteiger partial charge in [0, 0.05) is 26.2 Å². The number of anilines is 3. The van der Waals surface area contributed by atoms with Crippen LogP contribution < -0.4 is 20.7 Å². The van der Waals surface area contributed by atoms with E-state index in [1.54, 1.807) is 38.4 Å². The number of rotatable bonds is 10. The largest absolute Gasteiger partial charge is 0.480 e. The molecule has 0 unspecified atom stereocenters. The van der Waals surface area contributed by atoms with E-state index >= 15 is 0 Å². The molecule has 1 fully saturated rings. The summed E-state index contributed by atoms with van der Waals surface area (Å²) in [6.07, 6.45) is 0.687. The summed E-state index contributed by atoms with van der Waals surface area (Å²) in [5.41, 5.74) is 1.06. The molecule has 2 aromatic carbocycles. The summed E-state index contributed by atoms with van der Waals surface area (Å²) >= 11 is 0. The predicted octanol–water partition coefficient (Wildman–Crippen LogP) is 0.431. The van der Waals surface area contributed by atoms with E-state index < -0.39 is 53.0 Å². The molecule has 0 spiro atoms. The van der Waals surface area contributed by atoms with Crippen molar-refractivity contribution in [2.45, 2.75) is 17.4 Å². The van der Waals surface area contributed by atoms with Crippen LogP contribution in [0.4, 0.5) is 22.4 Å². The zero-order valence-electron chi connectivity index (χ0n) is 22.3. The van der Waals surface area contributed by atoms with Gasteiger partial charge in [-0.15, -0.1) is 0 Å². The molecule has 0 saturated carbocycles. The number of sulfonamides is 1. The van der Waals surface area contributed by atoms with Crippen LogP contribution in [0.25, 0.3) is 0 Å². The Balaban J connectivity index is 1.40. The molecule has 16 nitrogen and oxygen atoms in total. The van der Waals surface area contributed by atoms with Gasteiger partial charge in [0.25, 0.3) is 0 Å². The fourth-order valence-electron chi connectivity index (χ4n) is 3.67. The van der Waals surface area contributed by atoms with Crippen molar-refractivity contribution in [3.05, 3.63) is 60.4 Å². The first-order chi connectivity index (χ1) is 19.9. The quantitative estimate of drug-likeness (QED) is 0.233. The highest BCUT2D eigenvalue weighted by Gasteiger charge is 2.32. The Hall–Kier alpha value is -5.16. The summed E-state index contributed by atoms with van der Waals surface area (Å²) in [7, 11) is -0.988. The second-order valence-electron chi connectivity index (χ2n) is 9.17. The molecule has 17 heteroatoms. The Morgan fingerprint density at radius 1 is 1.02 bits per heavy atom. The first-order valence-electron chi connectivity index (χ1n) is 12.3. The minimum absolute atomic E-state index is 0.0244. The molecule has 3 amide bonds. The van der Waals surface area contributed by atoms with E-state index in [-0.39, 0.29) is 23.2 Å². The van der Waals surface area contributed by atoms with E-state index in [1.165, 1.54) is 35.5 Å². The van der Waals surface area contributed by atoms with E-state index in [4.69, 9.17) is 4.74 Å². The molecule has 4 N–H and O–H groups in total. The number of nitrogens with zero attached hydrogens (tertiary/aromatic N) is 5. The maximum Gasteiger partial charge on any atom is 0.414 e. The minimum Gasteiger partial charge on any atom is -0.480 e. The molecule has 1 atom stereocenters. The van der Waals surface area contributed by atoms with Crippen LogP contribution in [0, 0.1) is 0 Å². The maximum atomic E-state index is 12.8. The van der Waals surface area contributed by atoms with Crippen LogP contribution in [0.5, 0.6) is 5.75 Å². The number of piperazine rings is 1. The van der Waals surface area contributed by atoms with E-state index in [0.29, 0.717) is 17.0 Å². The first kappa shape index (κ1) is 29.8. The molecule has 1 aliphatic rings. The van der Waals surface area contributed by atoms with Gasteiger partial charge in [-0.25, -0.2) is 28.0 Å². The molecule has 1 aromatic heterocycles. The lowest BCUT2D eigenvalue weighted by molar-refractivity contribution is -0.138. The summed E-state index contributed by atoms with van der Waals surface area (Å²) in [5, 5.41) is 17.4. The fraction of sp³-hybridized carbons (Fsp3) is 0.240. The summed E-state index contributed by atoms with van der Waals surface area (Å²) in [6.45, 7) is -0.937. The van der Waals surface area contributed by atoms with Gasteiger partial charge in [-0.05, 0) is 42.0 Å². The number of amides is 3. The highest BCUT2D eigenvalue weighted by Crippen LogP contribution is 2.21. The number of hydrogen-bond donors (Lipinski definition) is 4. The van der Waals surface area contributed by atoms with Crippen LogP contribution in [0.15, 0.2) is 59.8 Å². The number of carboxylic acids is 1. The number of hydrogen-bond acceptors (Lipinski definition) is 12. The third-order valence-corrected chi connectivity index (χ3v) is 7.58. The fourth-order valence-corrected chi connectivity index (χ4v) is 5.03. The van der Waals surface area contributed by atoms with Crippen LogP contribution >= 0.6 is 0 Å². The Bertz CT molecular complexity index is 1580. The second kappa shape index (κ2) is 12.6. The Labute approximate surface area is 239 Å². The van der Waals surface area contributed by atoms with E-state index in [2.05, 4.69) is 25.6 Å². The monoisotopic (exact) mass is 598 g/mol. The lowest BCUT2D eigenvalue weighted by atomic mass is 10.1. The van der Waals surface area contributed by atoms with E-state index in [0.717, 1.165) is 4.31 Å². The lowest BCUT2D eigenvalue weighted by Crippen LogP contribution is -2.53. The standard InChI is InChI=1S/C25H26N8O8S/c1-32(2)25(38)41-17-7-3-15(4-8-17)11-19(22(36)37)29-24-27-14-26-23(31-24)28-16-5-9-18(10-6-16)42(39,40)33-12-20(34)30-21(35)13-33/h3-10,14,19H,11-13H2,1-2H3,(H,36,37)(H,30,34,35)(H2,26,27,28,29,31)/t19-/m0/s1. The minimum atomic E-state index is -4.09. The Morgan fingerprint density at radius 2 is 1.64 bits per heavy atom. The molecule has 3 aromatic rings. The summed E-state index contributed by atoms with van der Waals surface area (Å²) in [4.78, 5) is 60.1. The molecule has 42 heavy (non-hydrogen) atoms. The average Bonchev–Trinajstić information content (AvgIpc) is 2.93. The summed E-state index contributed by atoms with van der Waals surface area (Å²) in [5.74, 6) is -2.24. The van der Waals surface area contributed by atoms with E-state index in [9.17, 15) is 32.7 Å². The highest BCUT2D eigenvalue weighted by atomic mass is 32.2. The molecule has 4 rings (SSSR count). The molecule has 0 radical (unpaired) electrons. The topological polar surface area (TPSA) is 213 Å². The molecule has 1 saturated heterocycles. The van der Waals surface area contributed by atoms with Gasteiger partial charge in [-0.2, -0.15) is 9.29 Å². The third kappa shape index (κ3) is 7.52. The molecule has 0 aliphatic carbocycles. The number of carbonyl (C=O) groups excluding carboxylic acids is 3. The van der Waals surface area contributed by atoms with Crippen molar-refractivity contribution in [3.8, 4) is 5.75 Å². The Kier molecular flexibility index (Phi) is 8.92. The van der Waals surface area contributed by atoms with Crippen LogP contribution in [0.2, 0.25) is 0 Å². The van der Waals surface area contributed by atoms with Crippen molar-refractivity contribution in [2.24, 2.45) is 0 Å². The van der Waals surface area contributed by atoms with Crippen LogP contribution in [-0.2, 0) is 30.8 Å². The molecule has 220 valence electrons. The SMILES string of the molecule is CN(C)C(=O)Oc1ccc(C[C@H](Nc2ncnc(Nc3ccc(S(=O)(=O)N4CC(=O)NC(=O)C4)cc3)n2)C(=O)O)cc1. The number of carboxylic acid groups (broad SMARTS) is 1. The van der Waals surface area contributed by atoms with Gasteiger partial charge in [0.1, 0.15) is 18.1 Å². The highest BCUT2D eigenvalue weighted by molar-refractivity contribution is 7.89. The third-order valence-electron chi connectivity index (χ3n) is 5.77. The number of benzene rings is 2.